The molecule has 1 aromatic rings. The smallest absolute Gasteiger partial charge is 0.178 e. The van der Waals surface area contributed by atoms with Gasteiger partial charge in [0, 0.05) is 11.4 Å². The Labute approximate surface area is 106 Å². The van der Waals surface area contributed by atoms with Crippen LogP contribution in [0.15, 0.2) is 23.3 Å². The molecule has 1 saturated carbocycles. The van der Waals surface area contributed by atoms with E-state index in [4.69, 9.17) is 11.6 Å². The maximum atomic E-state index is 11.5. The third kappa shape index (κ3) is 3.07. The van der Waals surface area contributed by atoms with E-state index in [1.165, 1.54) is 0 Å². The van der Waals surface area contributed by atoms with Gasteiger partial charge in [-0.3, -0.25) is 10.2 Å². The highest BCUT2D eigenvalue weighted by atomic mass is 35.5. The van der Waals surface area contributed by atoms with E-state index < -0.39 is 0 Å². The van der Waals surface area contributed by atoms with E-state index in [9.17, 15) is 4.79 Å². The van der Waals surface area contributed by atoms with E-state index in [1.54, 1.807) is 0 Å². The number of anilines is 1. The summed E-state index contributed by atoms with van der Waals surface area (Å²) >= 11 is 6.01. The van der Waals surface area contributed by atoms with Gasteiger partial charge < -0.3 is 0 Å². The fourth-order valence-electron chi connectivity index (χ4n) is 1.77. The number of carbonyl (C=O) groups is 1. The molecule has 1 fully saturated rings. The number of rotatable bonds is 2. The highest BCUT2D eigenvalue weighted by Gasteiger charge is 2.16. The molecule has 0 radical (unpaired) electrons. The fourth-order valence-corrected chi connectivity index (χ4v) is 1.95. The number of benzene rings is 1. The lowest BCUT2D eigenvalue weighted by atomic mass is 9.97. The van der Waals surface area contributed by atoms with E-state index in [0.717, 1.165) is 30.5 Å². The van der Waals surface area contributed by atoms with Gasteiger partial charge in [-0.2, -0.15) is 5.10 Å². The Balaban J connectivity index is 2.08. The van der Waals surface area contributed by atoms with Gasteiger partial charge >= 0.3 is 0 Å². The predicted octanol–water partition coefficient (Wildman–Crippen LogP) is 3.56. The van der Waals surface area contributed by atoms with E-state index in [2.05, 4.69) is 10.5 Å². The van der Waals surface area contributed by atoms with Crippen LogP contribution in [-0.2, 0) is 4.79 Å². The molecule has 0 unspecified atom stereocenters. The second-order valence-electron chi connectivity index (χ2n) is 4.26. The predicted molar refractivity (Wildman–Crippen MR) is 70.7 cm³/mol. The summed E-state index contributed by atoms with van der Waals surface area (Å²) in [6.07, 6.45) is 3.41. The summed E-state index contributed by atoms with van der Waals surface area (Å²) in [6, 6.07) is 5.64. The number of hydrogen-bond acceptors (Lipinski definition) is 3. The summed E-state index contributed by atoms with van der Waals surface area (Å²) in [4.78, 5) is 11.5. The molecule has 1 N–H and O–H groups in total. The number of nitrogens with zero attached hydrogens (tertiary/aromatic N) is 1. The number of nitrogens with one attached hydrogen (secondary N) is 1. The van der Waals surface area contributed by atoms with E-state index >= 15 is 0 Å². The Morgan fingerprint density at radius 2 is 2.06 bits per heavy atom. The van der Waals surface area contributed by atoms with Crippen LogP contribution in [0.3, 0.4) is 0 Å². The molecule has 1 aliphatic rings. The van der Waals surface area contributed by atoms with Crippen molar-refractivity contribution in [3.05, 3.63) is 28.8 Å². The number of Topliss-reactive ketones (excluding diaryl/α,β-unsaturated/α-hetero) is 1. The van der Waals surface area contributed by atoms with Crippen LogP contribution >= 0.6 is 11.6 Å². The zero-order chi connectivity index (χ0) is 12.3. The highest BCUT2D eigenvalue weighted by Crippen LogP contribution is 2.20. The van der Waals surface area contributed by atoms with E-state index in [0.29, 0.717) is 17.2 Å². The van der Waals surface area contributed by atoms with Gasteiger partial charge in [-0.15, -0.1) is 0 Å². The van der Waals surface area contributed by atoms with Gasteiger partial charge in [0.2, 0.25) is 0 Å². The fraction of sp³-hybridized carbons (Fsp3) is 0.385. The Morgan fingerprint density at radius 3 is 2.76 bits per heavy atom. The number of ketones is 1. The third-order valence-electron chi connectivity index (χ3n) is 2.88. The first-order valence-corrected chi connectivity index (χ1v) is 6.16. The molecule has 0 spiro atoms. The molecular formula is C13H15ClN2O. The maximum absolute atomic E-state index is 11.5. The molecule has 0 amide bonds. The summed E-state index contributed by atoms with van der Waals surface area (Å²) in [5.41, 5.74) is 5.38. The molecule has 90 valence electrons. The first-order valence-electron chi connectivity index (χ1n) is 5.79. The molecule has 0 bridgehead atoms. The van der Waals surface area contributed by atoms with Crippen LogP contribution in [0.25, 0.3) is 0 Å². The van der Waals surface area contributed by atoms with Gasteiger partial charge in [0.1, 0.15) is 5.71 Å². The standard InChI is InChI=1S/C13H15ClN2O/c1-9-6-7-10(8-11(9)14)15-16-12-4-2-3-5-13(12)17/h6-8,15H,2-5H2,1H3/b16-12-. The summed E-state index contributed by atoms with van der Waals surface area (Å²) < 4.78 is 0. The van der Waals surface area contributed by atoms with Crippen molar-refractivity contribution in [2.45, 2.75) is 32.6 Å². The largest absolute Gasteiger partial charge is 0.293 e. The van der Waals surface area contributed by atoms with Gasteiger partial charge in [-0.05, 0) is 43.9 Å². The molecule has 17 heavy (non-hydrogen) atoms. The van der Waals surface area contributed by atoms with Crippen molar-refractivity contribution in [3.8, 4) is 0 Å². The lowest BCUT2D eigenvalue weighted by Crippen LogP contribution is -2.19. The number of carbonyl (C=O) groups excluding carboxylic acids is 1. The number of halogens is 1. The number of aryl methyl sites for hydroxylation is 1. The van der Waals surface area contributed by atoms with E-state index in [1.807, 2.05) is 25.1 Å². The molecule has 0 heterocycles. The Morgan fingerprint density at radius 1 is 1.29 bits per heavy atom. The monoisotopic (exact) mass is 250 g/mol. The van der Waals surface area contributed by atoms with Crippen molar-refractivity contribution in [1.29, 1.82) is 0 Å². The molecule has 3 nitrogen and oxygen atoms in total. The summed E-state index contributed by atoms with van der Waals surface area (Å²) in [5.74, 6) is 0.155. The molecular weight excluding hydrogens is 236 g/mol. The Bertz CT molecular complexity index is 468. The Hall–Kier alpha value is -1.35. The summed E-state index contributed by atoms with van der Waals surface area (Å²) in [7, 11) is 0. The second kappa shape index (κ2) is 5.32. The zero-order valence-electron chi connectivity index (χ0n) is 9.79. The molecule has 0 aromatic heterocycles. The third-order valence-corrected chi connectivity index (χ3v) is 3.29. The normalized spacial score (nSPS) is 18.5. The first-order chi connectivity index (χ1) is 8.16. The minimum absolute atomic E-state index is 0.155. The summed E-state index contributed by atoms with van der Waals surface area (Å²) in [5, 5.41) is 4.86. The van der Waals surface area contributed by atoms with Gasteiger partial charge in [0.25, 0.3) is 0 Å². The lowest BCUT2D eigenvalue weighted by molar-refractivity contribution is -0.113. The molecule has 0 saturated heterocycles. The quantitative estimate of drug-likeness (QED) is 0.816. The van der Waals surface area contributed by atoms with Crippen molar-refractivity contribution >= 4 is 28.8 Å². The van der Waals surface area contributed by atoms with Crippen LogP contribution in [0.2, 0.25) is 5.02 Å². The highest BCUT2D eigenvalue weighted by molar-refractivity contribution is 6.40. The molecule has 4 heteroatoms. The molecule has 1 aromatic carbocycles. The summed E-state index contributed by atoms with van der Waals surface area (Å²) in [6.45, 7) is 1.95. The van der Waals surface area contributed by atoms with Crippen LogP contribution in [0.1, 0.15) is 31.2 Å². The SMILES string of the molecule is Cc1ccc(N/N=C2/CCCCC2=O)cc1Cl. The average molecular weight is 251 g/mol. The van der Waals surface area contributed by atoms with Crippen LogP contribution in [0.4, 0.5) is 5.69 Å². The number of hydrazone groups is 1. The van der Waals surface area contributed by atoms with Crippen molar-refractivity contribution in [2.75, 3.05) is 5.43 Å². The Kier molecular flexibility index (Phi) is 3.79. The van der Waals surface area contributed by atoms with Crippen molar-refractivity contribution in [1.82, 2.24) is 0 Å². The second-order valence-corrected chi connectivity index (χ2v) is 4.67. The lowest BCUT2D eigenvalue weighted by Gasteiger charge is -2.11. The van der Waals surface area contributed by atoms with Crippen LogP contribution in [0.5, 0.6) is 0 Å². The molecule has 2 rings (SSSR count). The van der Waals surface area contributed by atoms with Gasteiger partial charge in [-0.1, -0.05) is 17.7 Å². The molecule has 0 aliphatic heterocycles. The topological polar surface area (TPSA) is 41.5 Å². The van der Waals surface area contributed by atoms with Crippen LogP contribution in [0, 0.1) is 6.92 Å². The molecule has 1 aliphatic carbocycles. The first kappa shape index (κ1) is 12.1. The van der Waals surface area contributed by atoms with Gasteiger partial charge in [0.15, 0.2) is 5.78 Å². The average Bonchev–Trinajstić information content (AvgIpc) is 2.32. The molecule has 0 atom stereocenters. The van der Waals surface area contributed by atoms with Crippen molar-refractivity contribution in [3.63, 3.8) is 0 Å². The minimum Gasteiger partial charge on any atom is -0.293 e. The van der Waals surface area contributed by atoms with Crippen molar-refractivity contribution < 1.29 is 4.79 Å². The zero-order valence-corrected chi connectivity index (χ0v) is 10.5. The van der Waals surface area contributed by atoms with Crippen molar-refractivity contribution in [2.24, 2.45) is 5.10 Å². The van der Waals surface area contributed by atoms with Crippen LogP contribution < -0.4 is 5.43 Å². The minimum atomic E-state index is 0.155. The van der Waals surface area contributed by atoms with Gasteiger partial charge in [-0.25, -0.2) is 0 Å². The maximum Gasteiger partial charge on any atom is 0.178 e. The van der Waals surface area contributed by atoms with Gasteiger partial charge in [0.05, 0.1) is 5.69 Å². The number of hydrogen-bond donors (Lipinski definition) is 1. The van der Waals surface area contributed by atoms with Crippen LogP contribution in [-0.4, -0.2) is 11.5 Å². The van der Waals surface area contributed by atoms with E-state index in [-0.39, 0.29) is 5.78 Å².